The lowest BCUT2D eigenvalue weighted by Gasteiger charge is -2.16. The van der Waals surface area contributed by atoms with Crippen molar-refractivity contribution in [3.05, 3.63) is 22.7 Å². The van der Waals surface area contributed by atoms with Gasteiger partial charge in [-0.15, -0.1) is 0 Å². The lowest BCUT2D eigenvalue weighted by Crippen LogP contribution is -2.30. The van der Waals surface area contributed by atoms with Gasteiger partial charge >= 0.3 is 11.9 Å². The number of hydrogen-bond acceptors (Lipinski definition) is 6. The van der Waals surface area contributed by atoms with Gasteiger partial charge in [-0.2, -0.15) is 0 Å². The van der Waals surface area contributed by atoms with E-state index in [0.29, 0.717) is 5.56 Å². The molecule has 2 unspecified atom stereocenters. The van der Waals surface area contributed by atoms with Crippen LogP contribution in [0.25, 0.3) is 0 Å². The molecule has 0 heterocycles. The van der Waals surface area contributed by atoms with E-state index in [1.165, 1.54) is 19.2 Å². The number of methoxy groups -OCH3 is 1. The Morgan fingerprint density at radius 1 is 1.36 bits per heavy atom. The van der Waals surface area contributed by atoms with E-state index in [1.807, 2.05) is 0 Å². The molecular formula is C14H19ClNO8P. The Hall–Kier alpha value is -1.80. The summed E-state index contributed by atoms with van der Waals surface area (Å²) < 4.78 is 22.3. The van der Waals surface area contributed by atoms with Crippen LogP contribution in [0.4, 0.5) is 0 Å². The number of carboxylic acids is 2. The van der Waals surface area contributed by atoms with Crippen molar-refractivity contribution in [2.24, 2.45) is 5.73 Å². The Morgan fingerprint density at radius 2 is 2.00 bits per heavy atom. The van der Waals surface area contributed by atoms with Gasteiger partial charge < -0.3 is 30.3 Å². The van der Waals surface area contributed by atoms with Crippen LogP contribution < -0.4 is 15.2 Å². The number of carboxylic acid groups (broad SMARTS) is 2. The van der Waals surface area contributed by atoms with Crippen LogP contribution in [0.15, 0.2) is 12.1 Å². The van der Waals surface area contributed by atoms with Gasteiger partial charge in [0, 0.05) is 12.3 Å². The second kappa shape index (κ2) is 9.05. The zero-order valence-corrected chi connectivity index (χ0v) is 15.0. The summed E-state index contributed by atoms with van der Waals surface area (Å²) in [6, 6.07) is 1.55. The van der Waals surface area contributed by atoms with Crippen LogP contribution in [-0.4, -0.2) is 53.0 Å². The topological polar surface area (TPSA) is 156 Å². The molecule has 140 valence electrons. The Morgan fingerprint density at radius 3 is 2.52 bits per heavy atom. The lowest BCUT2D eigenvalue weighted by molar-refractivity contribution is -0.139. The van der Waals surface area contributed by atoms with Crippen LogP contribution in [0.1, 0.15) is 12.0 Å². The monoisotopic (exact) mass is 395 g/mol. The number of halogens is 1. The van der Waals surface area contributed by atoms with Crippen LogP contribution >= 0.6 is 19.0 Å². The number of rotatable bonds is 10. The largest absolute Gasteiger partial charge is 0.493 e. The first-order valence-electron chi connectivity index (χ1n) is 7.06. The van der Waals surface area contributed by atoms with Crippen LogP contribution in [0.2, 0.25) is 5.02 Å². The Kier molecular flexibility index (Phi) is 7.69. The van der Waals surface area contributed by atoms with E-state index in [2.05, 4.69) is 0 Å². The van der Waals surface area contributed by atoms with Gasteiger partial charge in [0.25, 0.3) is 0 Å². The zero-order chi connectivity index (χ0) is 19.2. The maximum atomic E-state index is 12.2. The summed E-state index contributed by atoms with van der Waals surface area (Å²) in [5.41, 5.74) is 5.69. The van der Waals surface area contributed by atoms with Crippen molar-refractivity contribution in [2.45, 2.75) is 18.6 Å². The number of benzene rings is 1. The van der Waals surface area contributed by atoms with Gasteiger partial charge in [0.1, 0.15) is 6.04 Å². The number of aliphatic carboxylic acids is 2. The molecule has 1 aromatic rings. The standard InChI is InChI=1S/C14H19ClNO8P/c1-23-11-5-8(4-9(15)13(11)24-6-12(17)18)7-25(21,22)3-2-10(16)14(19)20/h4-5,10H,2-3,6-7,16H2,1H3,(H,17,18)(H,19,20)(H,21,22). The van der Waals surface area contributed by atoms with E-state index < -0.39 is 32.0 Å². The molecule has 11 heteroatoms. The molecule has 0 amide bonds. The van der Waals surface area contributed by atoms with E-state index in [4.69, 9.17) is 37.0 Å². The maximum absolute atomic E-state index is 12.2. The van der Waals surface area contributed by atoms with Crippen molar-refractivity contribution in [2.75, 3.05) is 19.9 Å². The smallest absolute Gasteiger partial charge is 0.341 e. The quantitative estimate of drug-likeness (QED) is 0.429. The fourth-order valence-electron chi connectivity index (χ4n) is 1.97. The molecule has 1 aromatic carbocycles. The van der Waals surface area contributed by atoms with Crippen LogP contribution in [0.5, 0.6) is 11.5 Å². The van der Waals surface area contributed by atoms with Gasteiger partial charge in [0.15, 0.2) is 18.1 Å². The third-order valence-electron chi connectivity index (χ3n) is 3.17. The predicted octanol–water partition coefficient (Wildman–Crippen LogP) is 1.38. The highest BCUT2D eigenvalue weighted by Crippen LogP contribution is 2.47. The molecule has 0 aliphatic rings. The van der Waals surface area contributed by atoms with Crippen LogP contribution in [-0.2, 0) is 20.3 Å². The van der Waals surface area contributed by atoms with Crippen molar-refractivity contribution < 1.29 is 38.7 Å². The molecule has 0 aromatic heterocycles. The molecule has 9 nitrogen and oxygen atoms in total. The molecule has 1 rings (SSSR count). The number of carbonyl (C=O) groups is 2. The minimum absolute atomic E-state index is 0.0102. The molecule has 0 aliphatic carbocycles. The predicted molar refractivity (Wildman–Crippen MR) is 89.8 cm³/mol. The summed E-state index contributed by atoms with van der Waals surface area (Å²) in [7, 11) is -2.38. The first-order chi connectivity index (χ1) is 11.6. The Labute approximate surface area is 148 Å². The minimum Gasteiger partial charge on any atom is -0.493 e. The normalized spacial score (nSPS) is 14.4. The van der Waals surface area contributed by atoms with Gasteiger partial charge in [0.2, 0.25) is 7.37 Å². The summed E-state index contributed by atoms with van der Waals surface area (Å²) in [6.07, 6.45) is -0.680. The highest BCUT2D eigenvalue weighted by atomic mass is 35.5. The fourth-order valence-corrected chi connectivity index (χ4v) is 3.85. The van der Waals surface area contributed by atoms with E-state index in [-0.39, 0.29) is 35.3 Å². The first-order valence-corrected chi connectivity index (χ1v) is 9.46. The highest BCUT2D eigenvalue weighted by Gasteiger charge is 2.24. The van der Waals surface area contributed by atoms with Gasteiger partial charge in [-0.05, 0) is 24.1 Å². The minimum atomic E-state index is -3.70. The number of ether oxygens (including phenoxy) is 2. The molecular weight excluding hydrogens is 377 g/mol. The molecule has 0 saturated carbocycles. The zero-order valence-electron chi connectivity index (χ0n) is 13.3. The van der Waals surface area contributed by atoms with Gasteiger partial charge in [-0.25, -0.2) is 4.79 Å². The van der Waals surface area contributed by atoms with Crippen molar-refractivity contribution >= 4 is 30.9 Å². The molecule has 25 heavy (non-hydrogen) atoms. The third-order valence-corrected chi connectivity index (χ3v) is 5.26. The van der Waals surface area contributed by atoms with E-state index in [9.17, 15) is 19.0 Å². The second-order valence-corrected chi connectivity index (χ2v) is 8.12. The molecule has 2 atom stereocenters. The van der Waals surface area contributed by atoms with Gasteiger partial charge in [-0.3, -0.25) is 9.36 Å². The SMILES string of the molecule is COc1cc(CP(=O)(O)CCC(N)C(=O)O)cc(Cl)c1OCC(=O)O. The van der Waals surface area contributed by atoms with Gasteiger partial charge in [0.05, 0.1) is 12.1 Å². The fraction of sp³-hybridized carbons (Fsp3) is 0.429. The first kappa shape index (κ1) is 21.2. The van der Waals surface area contributed by atoms with Crippen molar-refractivity contribution in [3.63, 3.8) is 0 Å². The summed E-state index contributed by atoms with van der Waals surface area (Å²) in [5.74, 6) is -2.32. The average Bonchev–Trinajstić information content (AvgIpc) is 2.50. The highest BCUT2D eigenvalue weighted by molar-refractivity contribution is 7.57. The molecule has 0 spiro atoms. The Balaban J connectivity index is 2.91. The Bertz CT molecular complexity index is 696. The lowest BCUT2D eigenvalue weighted by atomic mass is 10.2. The van der Waals surface area contributed by atoms with Crippen LogP contribution in [0, 0.1) is 0 Å². The number of hydrogen-bond donors (Lipinski definition) is 4. The molecule has 0 radical (unpaired) electrons. The second-order valence-electron chi connectivity index (χ2n) is 5.25. The van der Waals surface area contributed by atoms with Crippen molar-refractivity contribution in [1.82, 2.24) is 0 Å². The molecule has 0 aliphatic heterocycles. The summed E-state index contributed by atoms with van der Waals surface area (Å²) in [5, 5.41) is 17.4. The van der Waals surface area contributed by atoms with Crippen molar-refractivity contribution in [1.29, 1.82) is 0 Å². The molecule has 5 N–H and O–H groups in total. The molecule has 0 saturated heterocycles. The summed E-state index contributed by atoms with van der Waals surface area (Å²) >= 11 is 6.03. The third kappa shape index (κ3) is 6.91. The van der Waals surface area contributed by atoms with Crippen LogP contribution in [0.3, 0.4) is 0 Å². The van der Waals surface area contributed by atoms with Crippen molar-refractivity contribution in [3.8, 4) is 11.5 Å². The van der Waals surface area contributed by atoms with E-state index in [1.54, 1.807) is 0 Å². The molecule has 0 fully saturated rings. The average molecular weight is 396 g/mol. The number of nitrogens with two attached hydrogens (primary N) is 1. The van der Waals surface area contributed by atoms with E-state index in [0.717, 1.165) is 0 Å². The molecule has 0 bridgehead atoms. The summed E-state index contributed by atoms with van der Waals surface area (Å²) in [6.45, 7) is -0.624. The van der Waals surface area contributed by atoms with Gasteiger partial charge in [-0.1, -0.05) is 11.6 Å². The maximum Gasteiger partial charge on any atom is 0.341 e. The van der Waals surface area contributed by atoms with E-state index >= 15 is 0 Å². The summed E-state index contributed by atoms with van der Waals surface area (Å²) in [4.78, 5) is 31.3.